The molecule has 1 heterocycles. The Kier molecular flexibility index (Phi) is 5.22. The summed E-state index contributed by atoms with van der Waals surface area (Å²) in [7, 11) is 0. The Hall–Kier alpha value is -2.56. The number of hydrogen-bond acceptors (Lipinski definition) is 2. The zero-order chi connectivity index (χ0) is 17.8. The first-order valence-corrected chi connectivity index (χ1v) is 8.63. The zero-order valence-electron chi connectivity index (χ0n) is 14.8. The van der Waals surface area contributed by atoms with E-state index in [1.165, 1.54) is 22.9 Å². The lowest BCUT2D eigenvalue weighted by atomic mass is 10.1. The van der Waals surface area contributed by atoms with Crippen LogP contribution in [0, 0.1) is 19.7 Å². The largest absolute Gasteiger partial charge is 0.368 e. The Labute approximate surface area is 148 Å². The summed E-state index contributed by atoms with van der Waals surface area (Å²) in [6, 6.07) is 12.8. The molecule has 0 aromatic heterocycles. The van der Waals surface area contributed by atoms with E-state index in [0.29, 0.717) is 18.7 Å². The quantitative estimate of drug-likeness (QED) is 0.928. The molecule has 2 amide bonds. The minimum absolute atomic E-state index is 0.135. The van der Waals surface area contributed by atoms with Crippen LogP contribution in [-0.4, -0.2) is 37.1 Å². The molecular weight excluding hydrogens is 317 g/mol. The standard InChI is InChI=1S/C20H24FN3O/c1-15-7-8-16(2)19(13-15)23-9-11-24(12-10-23)20(25)22-14-17-5-3-4-6-18(17)21/h3-8,13H,9-12,14H2,1-2H3,(H,22,25). The fourth-order valence-electron chi connectivity index (χ4n) is 3.13. The Bertz CT molecular complexity index is 754. The molecular formula is C20H24FN3O. The number of carbonyl (C=O) groups is 1. The Morgan fingerprint density at radius 2 is 1.80 bits per heavy atom. The molecule has 0 unspecified atom stereocenters. The van der Waals surface area contributed by atoms with Crippen LogP contribution in [0.25, 0.3) is 0 Å². The maximum Gasteiger partial charge on any atom is 0.317 e. The molecule has 1 aliphatic rings. The van der Waals surface area contributed by atoms with E-state index in [1.807, 2.05) is 0 Å². The van der Waals surface area contributed by atoms with Gasteiger partial charge in [0.2, 0.25) is 0 Å². The lowest BCUT2D eigenvalue weighted by molar-refractivity contribution is 0.194. The molecule has 1 saturated heterocycles. The summed E-state index contributed by atoms with van der Waals surface area (Å²) >= 11 is 0. The van der Waals surface area contributed by atoms with E-state index < -0.39 is 0 Å². The SMILES string of the molecule is Cc1ccc(C)c(N2CCN(C(=O)NCc3ccccc3F)CC2)c1. The van der Waals surface area contributed by atoms with Crippen LogP contribution in [0.4, 0.5) is 14.9 Å². The molecule has 2 aromatic carbocycles. The first-order valence-electron chi connectivity index (χ1n) is 8.63. The maximum absolute atomic E-state index is 13.6. The lowest BCUT2D eigenvalue weighted by Crippen LogP contribution is -2.51. The first kappa shape index (κ1) is 17.3. The lowest BCUT2D eigenvalue weighted by Gasteiger charge is -2.37. The molecule has 132 valence electrons. The van der Waals surface area contributed by atoms with Gasteiger partial charge in [0.05, 0.1) is 0 Å². The topological polar surface area (TPSA) is 35.6 Å². The minimum atomic E-state index is -0.289. The van der Waals surface area contributed by atoms with Gasteiger partial charge in [0.25, 0.3) is 0 Å². The summed E-state index contributed by atoms with van der Waals surface area (Å²) < 4.78 is 13.6. The summed E-state index contributed by atoms with van der Waals surface area (Å²) in [6.07, 6.45) is 0. The molecule has 0 radical (unpaired) electrons. The number of nitrogens with one attached hydrogen (secondary N) is 1. The molecule has 25 heavy (non-hydrogen) atoms. The highest BCUT2D eigenvalue weighted by molar-refractivity contribution is 5.74. The summed E-state index contributed by atoms with van der Waals surface area (Å²) in [6.45, 7) is 7.35. The Balaban J connectivity index is 1.54. The van der Waals surface area contributed by atoms with Gasteiger partial charge in [-0.1, -0.05) is 30.3 Å². The van der Waals surface area contributed by atoms with Crippen LogP contribution in [0.1, 0.15) is 16.7 Å². The van der Waals surface area contributed by atoms with Crippen molar-refractivity contribution < 1.29 is 9.18 Å². The number of carbonyl (C=O) groups excluding carboxylic acids is 1. The highest BCUT2D eigenvalue weighted by Crippen LogP contribution is 2.22. The minimum Gasteiger partial charge on any atom is -0.368 e. The number of amides is 2. The number of rotatable bonds is 3. The number of benzene rings is 2. The van der Waals surface area contributed by atoms with E-state index in [1.54, 1.807) is 23.1 Å². The summed E-state index contributed by atoms with van der Waals surface area (Å²) in [4.78, 5) is 16.4. The van der Waals surface area contributed by atoms with Gasteiger partial charge in [0.1, 0.15) is 5.82 Å². The van der Waals surface area contributed by atoms with E-state index in [2.05, 4.69) is 42.3 Å². The van der Waals surface area contributed by atoms with Crippen molar-refractivity contribution in [2.45, 2.75) is 20.4 Å². The first-order chi connectivity index (χ1) is 12.0. The molecule has 1 fully saturated rings. The van der Waals surface area contributed by atoms with Crippen LogP contribution in [0.5, 0.6) is 0 Å². The van der Waals surface area contributed by atoms with Crippen molar-refractivity contribution in [3.8, 4) is 0 Å². The fraction of sp³-hybridized carbons (Fsp3) is 0.350. The zero-order valence-corrected chi connectivity index (χ0v) is 14.8. The van der Waals surface area contributed by atoms with Crippen LogP contribution < -0.4 is 10.2 Å². The molecule has 2 aromatic rings. The number of hydrogen-bond donors (Lipinski definition) is 1. The summed E-state index contributed by atoms with van der Waals surface area (Å²) in [5.74, 6) is -0.289. The van der Waals surface area contributed by atoms with Gasteiger partial charge in [-0.25, -0.2) is 9.18 Å². The van der Waals surface area contributed by atoms with Gasteiger partial charge in [-0.3, -0.25) is 0 Å². The van der Waals surface area contributed by atoms with Crippen molar-refractivity contribution >= 4 is 11.7 Å². The van der Waals surface area contributed by atoms with Crippen molar-refractivity contribution in [3.05, 3.63) is 65.0 Å². The van der Waals surface area contributed by atoms with Gasteiger partial charge in [0, 0.05) is 44.0 Å². The van der Waals surface area contributed by atoms with Crippen LogP contribution >= 0.6 is 0 Å². The molecule has 0 spiro atoms. The van der Waals surface area contributed by atoms with Gasteiger partial charge in [-0.15, -0.1) is 0 Å². The smallest absolute Gasteiger partial charge is 0.317 e. The number of anilines is 1. The second kappa shape index (κ2) is 7.55. The number of aryl methyl sites for hydroxylation is 2. The summed E-state index contributed by atoms with van der Waals surface area (Å²) in [5.41, 5.74) is 4.24. The predicted octanol–water partition coefficient (Wildman–Crippen LogP) is 3.47. The van der Waals surface area contributed by atoms with Gasteiger partial charge in [0.15, 0.2) is 0 Å². The number of nitrogens with zero attached hydrogens (tertiary/aromatic N) is 2. The molecule has 0 aliphatic carbocycles. The van der Waals surface area contributed by atoms with E-state index >= 15 is 0 Å². The van der Waals surface area contributed by atoms with Crippen molar-refractivity contribution in [1.82, 2.24) is 10.2 Å². The predicted molar refractivity (Wildman–Crippen MR) is 98.3 cm³/mol. The monoisotopic (exact) mass is 341 g/mol. The van der Waals surface area contributed by atoms with E-state index in [9.17, 15) is 9.18 Å². The van der Waals surface area contributed by atoms with Gasteiger partial charge in [-0.2, -0.15) is 0 Å². The second-order valence-electron chi connectivity index (χ2n) is 6.51. The molecule has 0 atom stereocenters. The van der Waals surface area contributed by atoms with Gasteiger partial charge < -0.3 is 15.1 Å². The van der Waals surface area contributed by atoms with Crippen LogP contribution in [0.3, 0.4) is 0 Å². The highest BCUT2D eigenvalue weighted by atomic mass is 19.1. The maximum atomic E-state index is 13.6. The molecule has 1 N–H and O–H groups in total. The molecule has 0 saturated carbocycles. The van der Waals surface area contributed by atoms with E-state index in [4.69, 9.17) is 0 Å². The van der Waals surface area contributed by atoms with Crippen molar-refractivity contribution in [2.24, 2.45) is 0 Å². The van der Waals surface area contributed by atoms with Crippen molar-refractivity contribution in [2.75, 3.05) is 31.1 Å². The Morgan fingerprint density at radius 3 is 2.52 bits per heavy atom. The highest BCUT2D eigenvalue weighted by Gasteiger charge is 2.22. The number of halogens is 1. The van der Waals surface area contributed by atoms with E-state index in [-0.39, 0.29) is 18.4 Å². The second-order valence-corrected chi connectivity index (χ2v) is 6.51. The third-order valence-corrected chi connectivity index (χ3v) is 4.66. The Morgan fingerprint density at radius 1 is 1.08 bits per heavy atom. The fourth-order valence-corrected chi connectivity index (χ4v) is 3.13. The van der Waals surface area contributed by atoms with Crippen molar-refractivity contribution in [3.63, 3.8) is 0 Å². The van der Waals surface area contributed by atoms with Crippen LogP contribution in [0.15, 0.2) is 42.5 Å². The molecule has 3 rings (SSSR count). The molecule has 4 nitrogen and oxygen atoms in total. The van der Waals surface area contributed by atoms with Crippen molar-refractivity contribution in [1.29, 1.82) is 0 Å². The summed E-state index contributed by atoms with van der Waals surface area (Å²) in [5, 5.41) is 2.81. The van der Waals surface area contributed by atoms with Crippen LogP contribution in [-0.2, 0) is 6.54 Å². The molecule has 0 bridgehead atoms. The number of piperazine rings is 1. The average molecular weight is 341 g/mol. The molecule has 5 heteroatoms. The third kappa shape index (κ3) is 4.10. The number of urea groups is 1. The van der Waals surface area contributed by atoms with Gasteiger partial charge >= 0.3 is 6.03 Å². The average Bonchev–Trinajstić information content (AvgIpc) is 2.63. The normalized spacial score (nSPS) is 14.5. The molecule has 1 aliphatic heterocycles. The van der Waals surface area contributed by atoms with E-state index in [0.717, 1.165) is 13.1 Å². The third-order valence-electron chi connectivity index (χ3n) is 4.66. The van der Waals surface area contributed by atoms with Gasteiger partial charge in [-0.05, 0) is 37.1 Å². The van der Waals surface area contributed by atoms with Crippen LogP contribution in [0.2, 0.25) is 0 Å².